The van der Waals surface area contributed by atoms with Gasteiger partial charge in [-0.3, -0.25) is 0 Å². The molecule has 0 N–H and O–H groups in total. The highest BCUT2D eigenvalue weighted by Crippen LogP contribution is 2.34. The van der Waals surface area contributed by atoms with Gasteiger partial charge in [0.15, 0.2) is 6.10 Å². The van der Waals surface area contributed by atoms with Crippen molar-refractivity contribution in [1.82, 2.24) is 19.4 Å². The molecule has 9 heteroatoms. The minimum absolute atomic E-state index is 0.115. The molecule has 1 amide bonds. The van der Waals surface area contributed by atoms with E-state index in [0.717, 1.165) is 53.8 Å². The number of piperazine rings is 1. The Bertz CT molecular complexity index is 1300. The Labute approximate surface area is 222 Å². The fourth-order valence-electron chi connectivity index (χ4n) is 5.82. The molecule has 2 aromatic heterocycles. The van der Waals surface area contributed by atoms with E-state index in [0.29, 0.717) is 45.4 Å². The minimum Gasteiger partial charge on any atom is -0.441 e. The van der Waals surface area contributed by atoms with Crippen molar-refractivity contribution in [1.29, 1.82) is 0 Å². The number of amides is 1. The molecule has 3 fully saturated rings. The molecular formula is C29H36FN5O3. The molecule has 0 unspecified atom stereocenters. The van der Waals surface area contributed by atoms with E-state index in [1.54, 1.807) is 17.2 Å². The lowest BCUT2D eigenvalue weighted by Gasteiger charge is -2.37. The van der Waals surface area contributed by atoms with E-state index in [1.165, 1.54) is 0 Å². The van der Waals surface area contributed by atoms with E-state index < -0.39 is 0 Å². The summed E-state index contributed by atoms with van der Waals surface area (Å²) in [6.07, 6.45) is 5.50. The van der Waals surface area contributed by atoms with Gasteiger partial charge in [0.1, 0.15) is 5.82 Å². The van der Waals surface area contributed by atoms with Crippen LogP contribution in [0.2, 0.25) is 0 Å². The molecule has 3 aliphatic rings. The quantitative estimate of drug-likeness (QED) is 0.497. The van der Waals surface area contributed by atoms with Crippen LogP contribution >= 0.6 is 0 Å². The van der Waals surface area contributed by atoms with Gasteiger partial charge in [-0.25, -0.2) is 13.7 Å². The number of rotatable bonds is 5. The summed E-state index contributed by atoms with van der Waals surface area (Å²) in [7, 11) is 0. The van der Waals surface area contributed by atoms with Gasteiger partial charge >= 0.3 is 6.09 Å². The van der Waals surface area contributed by atoms with Gasteiger partial charge in [-0.1, -0.05) is 12.1 Å². The standard InChI is InChI=1S/C29H36FN5O3/c1-20(2)34-9-3-4-22(16-34)25-6-5-21(14-26(25)30)23-15-28-27(7-8-31-35(28)17-23)32-10-12-33(13-11-32)29(36)38-24-18-37-19-24/h5-8,14-15,17,20,22,24H,3-4,9-13,16,18-19H2,1-2H3/t22-/m1/s1. The minimum atomic E-state index is -0.265. The fourth-order valence-corrected chi connectivity index (χ4v) is 5.82. The first-order valence-corrected chi connectivity index (χ1v) is 13.8. The highest BCUT2D eigenvalue weighted by molar-refractivity contribution is 5.80. The highest BCUT2D eigenvalue weighted by Gasteiger charge is 2.29. The van der Waals surface area contributed by atoms with Crippen LogP contribution in [0.5, 0.6) is 0 Å². The van der Waals surface area contributed by atoms with Gasteiger partial charge in [0.05, 0.1) is 24.4 Å². The Hall–Kier alpha value is -3.17. The molecule has 1 aromatic carbocycles. The maximum Gasteiger partial charge on any atom is 0.410 e. The van der Waals surface area contributed by atoms with Gasteiger partial charge in [0.2, 0.25) is 0 Å². The summed E-state index contributed by atoms with van der Waals surface area (Å²) in [5.41, 5.74) is 4.64. The molecule has 3 aromatic rings. The normalized spacial score (nSPS) is 21.2. The van der Waals surface area contributed by atoms with Gasteiger partial charge in [0, 0.05) is 56.7 Å². The van der Waals surface area contributed by atoms with Crippen LogP contribution in [0.25, 0.3) is 16.6 Å². The number of anilines is 1. The second-order valence-electron chi connectivity index (χ2n) is 11.0. The largest absolute Gasteiger partial charge is 0.441 e. The lowest BCUT2D eigenvalue weighted by Crippen LogP contribution is -2.51. The van der Waals surface area contributed by atoms with E-state index in [4.69, 9.17) is 9.47 Å². The number of hydrogen-bond donors (Lipinski definition) is 0. The van der Waals surface area contributed by atoms with Crippen molar-refractivity contribution in [2.24, 2.45) is 0 Å². The number of piperidine rings is 1. The number of fused-ring (bicyclic) bond motifs is 1. The average Bonchev–Trinajstić information content (AvgIpc) is 3.35. The monoisotopic (exact) mass is 521 g/mol. The number of ether oxygens (including phenoxy) is 2. The third-order valence-electron chi connectivity index (χ3n) is 8.20. The van der Waals surface area contributed by atoms with Gasteiger partial charge < -0.3 is 24.2 Å². The zero-order valence-electron chi connectivity index (χ0n) is 22.2. The molecule has 3 saturated heterocycles. The van der Waals surface area contributed by atoms with Crippen molar-refractivity contribution >= 4 is 17.3 Å². The first-order valence-electron chi connectivity index (χ1n) is 13.8. The van der Waals surface area contributed by atoms with Gasteiger partial charge in [-0.05, 0) is 68.5 Å². The Morgan fingerprint density at radius 1 is 1.08 bits per heavy atom. The molecule has 0 aliphatic carbocycles. The van der Waals surface area contributed by atoms with E-state index in [1.807, 2.05) is 28.9 Å². The zero-order chi connectivity index (χ0) is 26.2. The molecule has 0 spiro atoms. The zero-order valence-corrected chi connectivity index (χ0v) is 22.2. The summed E-state index contributed by atoms with van der Waals surface area (Å²) >= 11 is 0. The van der Waals surface area contributed by atoms with Crippen molar-refractivity contribution in [2.45, 2.75) is 44.8 Å². The molecule has 1 atom stereocenters. The number of carbonyl (C=O) groups is 1. The number of likely N-dealkylation sites (tertiary alicyclic amines) is 1. The van der Waals surface area contributed by atoms with Crippen molar-refractivity contribution < 1.29 is 18.7 Å². The van der Waals surface area contributed by atoms with Crippen molar-refractivity contribution in [3.05, 3.63) is 54.1 Å². The number of nitrogens with zero attached hydrogens (tertiary/aromatic N) is 5. The molecule has 8 nitrogen and oxygen atoms in total. The summed E-state index contributed by atoms with van der Waals surface area (Å²) in [5.74, 6) is 0.109. The van der Waals surface area contributed by atoms with Crippen LogP contribution in [0, 0.1) is 5.82 Å². The van der Waals surface area contributed by atoms with Crippen molar-refractivity contribution in [2.75, 3.05) is 57.4 Å². The summed E-state index contributed by atoms with van der Waals surface area (Å²) in [6, 6.07) is 10.3. The maximum atomic E-state index is 15.4. The molecule has 6 rings (SSSR count). The van der Waals surface area contributed by atoms with Crippen LogP contribution in [0.1, 0.15) is 38.2 Å². The molecule has 3 aliphatic heterocycles. The third kappa shape index (κ3) is 4.97. The number of halogens is 1. The van der Waals surface area contributed by atoms with E-state index in [9.17, 15) is 4.79 Å². The van der Waals surface area contributed by atoms with E-state index >= 15 is 4.39 Å². The second kappa shape index (κ2) is 10.5. The summed E-state index contributed by atoms with van der Waals surface area (Å²) in [4.78, 5) is 18.9. The van der Waals surface area contributed by atoms with Crippen LogP contribution in [-0.4, -0.2) is 90.1 Å². The van der Waals surface area contributed by atoms with Gasteiger partial charge in [0.25, 0.3) is 0 Å². The Morgan fingerprint density at radius 3 is 2.61 bits per heavy atom. The summed E-state index contributed by atoms with van der Waals surface area (Å²) in [5, 5.41) is 4.51. The lowest BCUT2D eigenvalue weighted by atomic mass is 9.88. The Morgan fingerprint density at radius 2 is 1.89 bits per heavy atom. The predicted octanol–water partition coefficient (Wildman–Crippen LogP) is 4.39. The maximum absolute atomic E-state index is 15.4. The van der Waals surface area contributed by atoms with Gasteiger partial charge in [-0.15, -0.1) is 0 Å². The second-order valence-corrected chi connectivity index (χ2v) is 11.0. The van der Waals surface area contributed by atoms with Crippen molar-refractivity contribution in [3.63, 3.8) is 0 Å². The first-order chi connectivity index (χ1) is 18.5. The number of aromatic nitrogens is 2. The molecule has 38 heavy (non-hydrogen) atoms. The topological polar surface area (TPSA) is 62.5 Å². The molecule has 5 heterocycles. The smallest absolute Gasteiger partial charge is 0.410 e. The van der Waals surface area contributed by atoms with Crippen LogP contribution in [0.4, 0.5) is 14.9 Å². The van der Waals surface area contributed by atoms with E-state index in [2.05, 4.69) is 34.8 Å². The molecule has 0 bridgehead atoms. The predicted molar refractivity (Wildman–Crippen MR) is 144 cm³/mol. The summed E-state index contributed by atoms with van der Waals surface area (Å²) < 4.78 is 27.8. The average molecular weight is 522 g/mol. The van der Waals surface area contributed by atoms with Crippen molar-refractivity contribution in [3.8, 4) is 11.1 Å². The van der Waals surface area contributed by atoms with Crippen LogP contribution < -0.4 is 4.90 Å². The molecular weight excluding hydrogens is 485 g/mol. The fraction of sp³-hybridized carbons (Fsp3) is 0.517. The SMILES string of the molecule is CC(C)N1CCC[C@@H](c2ccc(-c3cc4c(N5CCN(C(=O)OC6COC6)CC5)ccnn4c3)cc2F)C1. The Kier molecular flexibility index (Phi) is 6.97. The lowest BCUT2D eigenvalue weighted by molar-refractivity contribution is -0.104. The summed E-state index contributed by atoms with van der Waals surface area (Å²) in [6.45, 7) is 9.99. The first kappa shape index (κ1) is 25.1. The number of hydrogen-bond acceptors (Lipinski definition) is 6. The molecule has 202 valence electrons. The third-order valence-corrected chi connectivity index (χ3v) is 8.20. The van der Waals surface area contributed by atoms with Crippen LogP contribution in [-0.2, 0) is 9.47 Å². The van der Waals surface area contributed by atoms with E-state index in [-0.39, 0.29) is 23.9 Å². The number of carbonyl (C=O) groups excluding carboxylic acids is 1. The number of benzene rings is 1. The Balaban J connectivity index is 1.17. The van der Waals surface area contributed by atoms with Crippen LogP contribution in [0.15, 0.2) is 42.7 Å². The van der Waals surface area contributed by atoms with Crippen LogP contribution in [0.3, 0.4) is 0 Å². The molecule has 0 radical (unpaired) electrons. The highest BCUT2D eigenvalue weighted by atomic mass is 19.1. The van der Waals surface area contributed by atoms with Gasteiger partial charge in [-0.2, -0.15) is 5.10 Å². The molecule has 0 saturated carbocycles.